The maximum Gasteiger partial charge on any atom is 0.249 e. The summed E-state index contributed by atoms with van der Waals surface area (Å²) in [7, 11) is 0. The van der Waals surface area contributed by atoms with Gasteiger partial charge >= 0.3 is 0 Å². The van der Waals surface area contributed by atoms with Crippen LogP contribution in [0.5, 0.6) is 0 Å². The quantitative estimate of drug-likeness (QED) is 0.0232. The second-order valence-electron chi connectivity index (χ2n) is 18.8. The highest BCUT2D eigenvalue weighted by Crippen LogP contribution is 2.23. The number of hydrogen-bond acceptors (Lipinski definition) is 9. The Morgan fingerprint density at radius 1 is 0.531 bits per heavy atom. The third kappa shape index (κ3) is 32.9. The van der Waals surface area contributed by atoms with Crippen LogP contribution < -0.4 is 5.32 Å². The van der Waals surface area contributed by atoms with Crippen LogP contribution in [0.2, 0.25) is 0 Å². The van der Waals surface area contributed by atoms with E-state index in [1.54, 1.807) is 6.08 Å². The zero-order valence-corrected chi connectivity index (χ0v) is 41.2. The van der Waals surface area contributed by atoms with Crippen LogP contribution >= 0.6 is 0 Å². The molecule has 0 aromatic carbocycles. The standard InChI is InChI=1S/C54H101NO9/c1-3-5-7-9-11-13-15-17-19-20-21-22-23-24-25-26-27-29-31-33-35-37-39-41-43-48(58)53(62)55-46(45-63-54-52(61)51(60)50(59)49(44-56)64-54)47(57)42-40-38-36-34-32-30-28-18-16-14-12-10-8-6-4-2/h16,18,32,34,40,42,46-52,54,56-61H,3-15,17,19-31,33,35-39,41,43-45H2,1-2H3,(H,55,62)/b18-16+,34-32+,42-40+. The Bertz CT molecular complexity index is 1120. The Labute approximate surface area is 392 Å². The van der Waals surface area contributed by atoms with Gasteiger partial charge in [-0.2, -0.15) is 0 Å². The molecule has 0 aromatic rings. The van der Waals surface area contributed by atoms with Crippen LogP contribution in [0, 0.1) is 0 Å². The smallest absolute Gasteiger partial charge is 0.249 e. The van der Waals surface area contributed by atoms with Crippen molar-refractivity contribution >= 4 is 5.91 Å². The van der Waals surface area contributed by atoms with Crippen LogP contribution in [0.25, 0.3) is 0 Å². The lowest BCUT2D eigenvalue weighted by molar-refractivity contribution is -0.302. The summed E-state index contributed by atoms with van der Waals surface area (Å²) in [6, 6.07) is -1.00. The van der Waals surface area contributed by atoms with E-state index in [9.17, 15) is 35.4 Å². The molecule has 64 heavy (non-hydrogen) atoms. The Morgan fingerprint density at radius 2 is 0.922 bits per heavy atom. The number of unbranched alkanes of at least 4 members (excludes halogenated alkanes) is 30. The lowest BCUT2D eigenvalue weighted by atomic mass is 9.99. The molecule has 8 atom stereocenters. The summed E-state index contributed by atoms with van der Waals surface area (Å²) >= 11 is 0. The highest BCUT2D eigenvalue weighted by Gasteiger charge is 2.44. The number of ether oxygens (including phenoxy) is 2. The van der Waals surface area contributed by atoms with Crippen molar-refractivity contribution < 1.29 is 44.9 Å². The Hall–Kier alpha value is -1.63. The van der Waals surface area contributed by atoms with Crippen molar-refractivity contribution in [3.8, 4) is 0 Å². The largest absolute Gasteiger partial charge is 0.394 e. The fourth-order valence-electron chi connectivity index (χ4n) is 8.43. The fraction of sp³-hybridized carbons (Fsp3) is 0.870. The van der Waals surface area contributed by atoms with Gasteiger partial charge in [0.15, 0.2) is 6.29 Å². The van der Waals surface area contributed by atoms with E-state index in [1.807, 2.05) is 6.08 Å². The maximum atomic E-state index is 13.1. The monoisotopic (exact) mass is 908 g/mol. The third-order valence-corrected chi connectivity index (χ3v) is 12.8. The summed E-state index contributed by atoms with van der Waals surface area (Å²) in [5.41, 5.74) is 0. The van der Waals surface area contributed by atoms with Gasteiger partial charge < -0.3 is 45.4 Å². The molecule has 1 aliphatic heterocycles. The first-order chi connectivity index (χ1) is 31.3. The van der Waals surface area contributed by atoms with E-state index in [0.29, 0.717) is 19.3 Å². The van der Waals surface area contributed by atoms with Gasteiger partial charge in [0.05, 0.1) is 25.4 Å². The molecule has 1 fully saturated rings. The molecule has 10 nitrogen and oxygen atoms in total. The molecule has 7 N–H and O–H groups in total. The van der Waals surface area contributed by atoms with Crippen LogP contribution in [0.1, 0.15) is 239 Å². The van der Waals surface area contributed by atoms with Gasteiger partial charge in [0.2, 0.25) is 5.91 Å². The van der Waals surface area contributed by atoms with Gasteiger partial charge in [-0.05, 0) is 44.9 Å². The van der Waals surface area contributed by atoms with Crippen molar-refractivity contribution in [1.82, 2.24) is 5.32 Å². The van der Waals surface area contributed by atoms with E-state index >= 15 is 0 Å². The topological polar surface area (TPSA) is 169 Å². The second kappa shape index (κ2) is 43.9. The van der Waals surface area contributed by atoms with Crippen LogP contribution in [0.3, 0.4) is 0 Å². The van der Waals surface area contributed by atoms with Crippen LogP contribution in [-0.2, 0) is 14.3 Å². The number of carbonyl (C=O) groups excluding carboxylic acids is 1. The molecule has 1 amide bonds. The summed E-state index contributed by atoms with van der Waals surface area (Å²) in [6.07, 6.45) is 45.3. The first-order valence-corrected chi connectivity index (χ1v) is 26.8. The fourth-order valence-corrected chi connectivity index (χ4v) is 8.43. The molecule has 1 heterocycles. The van der Waals surface area contributed by atoms with Crippen molar-refractivity contribution in [3.05, 3.63) is 36.5 Å². The molecule has 1 saturated heterocycles. The number of carbonyl (C=O) groups is 1. The predicted octanol–water partition coefficient (Wildman–Crippen LogP) is 11.4. The molecule has 0 saturated carbocycles. The minimum absolute atomic E-state index is 0.304. The molecule has 0 aliphatic carbocycles. The van der Waals surface area contributed by atoms with Gasteiger partial charge in [-0.1, -0.05) is 230 Å². The van der Waals surface area contributed by atoms with Crippen molar-refractivity contribution in [2.75, 3.05) is 13.2 Å². The molecule has 0 spiro atoms. The summed E-state index contributed by atoms with van der Waals surface area (Å²) in [5.74, 6) is -0.627. The molecular weight excluding hydrogens is 807 g/mol. The van der Waals surface area contributed by atoms with E-state index in [4.69, 9.17) is 9.47 Å². The van der Waals surface area contributed by atoms with Gasteiger partial charge in [0.1, 0.15) is 30.5 Å². The van der Waals surface area contributed by atoms with E-state index in [0.717, 1.165) is 44.9 Å². The predicted molar refractivity (Wildman–Crippen MR) is 264 cm³/mol. The number of amides is 1. The van der Waals surface area contributed by atoms with Crippen molar-refractivity contribution in [1.29, 1.82) is 0 Å². The molecule has 1 aliphatic rings. The lowest BCUT2D eigenvalue weighted by Crippen LogP contribution is -2.60. The first kappa shape index (κ1) is 60.4. The first-order valence-electron chi connectivity index (χ1n) is 26.8. The summed E-state index contributed by atoms with van der Waals surface area (Å²) in [4.78, 5) is 13.1. The molecule has 0 radical (unpaired) electrons. The average molecular weight is 908 g/mol. The molecular formula is C54H101NO9. The third-order valence-electron chi connectivity index (χ3n) is 12.8. The zero-order valence-electron chi connectivity index (χ0n) is 41.2. The van der Waals surface area contributed by atoms with Crippen molar-refractivity contribution in [2.45, 2.75) is 288 Å². The van der Waals surface area contributed by atoms with E-state index in [-0.39, 0.29) is 6.61 Å². The zero-order chi connectivity index (χ0) is 46.7. The Kier molecular flexibility index (Phi) is 41.4. The summed E-state index contributed by atoms with van der Waals surface area (Å²) in [5, 5.41) is 64.8. The number of nitrogens with one attached hydrogen (secondary N) is 1. The van der Waals surface area contributed by atoms with Gasteiger partial charge in [0.25, 0.3) is 0 Å². The van der Waals surface area contributed by atoms with Gasteiger partial charge in [-0.25, -0.2) is 0 Å². The lowest BCUT2D eigenvalue weighted by Gasteiger charge is -2.40. The van der Waals surface area contributed by atoms with E-state index in [2.05, 4.69) is 43.5 Å². The minimum atomic E-state index is -1.62. The second-order valence-corrected chi connectivity index (χ2v) is 18.8. The number of rotatable bonds is 45. The molecule has 0 aromatic heterocycles. The summed E-state index contributed by atoms with van der Waals surface area (Å²) < 4.78 is 11.1. The van der Waals surface area contributed by atoms with Gasteiger partial charge in [0, 0.05) is 0 Å². The van der Waals surface area contributed by atoms with Crippen molar-refractivity contribution in [3.63, 3.8) is 0 Å². The van der Waals surface area contributed by atoms with Crippen LogP contribution in [-0.4, -0.2) is 98.7 Å². The van der Waals surface area contributed by atoms with Crippen LogP contribution in [0.4, 0.5) is 0 Å². The molecule has 1 rings (SSSR count). The molecule has 10 heteroatoms. The SMILES string of the molecule is CCCCCCC/C=C/CC/C=C/CC/C=C/C(O)C(COC1OC(CO)C(O)C(O)C1O)NC(=O)C(O)CCCCCCCCCCCCCCCCCCCCCCCCCC. The van der Waals surface area contributed by atoms with Gasteiger partial charge in [-0.15, -0.1) is 0 Å². The number of aliphatic hydroxyl groups excluding tert-OH is 6. The van der Waals surface area contributed by atoms with Crippen LogP contribution in [0.15, 0.2) is 36.5 Å². The molecule has 0 bridgehead atoms. The average Bonchev–Trinajstić information content (AvgIpc) is 3.29. The number of hydrogen-bond donors (Lipinski definition) is 7. The molecule has 376 valence electrons. The minimum Gasteiger partial charge on any atom is -0.394 e. The Balaban J connectivity index is 2.30. The number of allylic oxidation sites excluding steroid dienone is 5. The summed E-state index contributed by atoms with van der Waals surface area (Å²) in [6.45, 7) is 3.59. The van der Waals surface area contributed by atoms with E-state index in [1.165, 1.54) is 161 Å². The van der Waals surface area contributed by atoms with Crippen molar-refractivity contribution in [2.24, 2.45) is 0 Å². The van der Waals surface area contributed by atoms with Gasteiger partial charge in [-0.3, -0.25) is 4.79 Å². The highest BCUT2D eigenvalue weighted by atomic mass is 16.7. The normalized spacial score (nSPS) is 20.8. The maximum absolute atomic E-state index is 13.1. The highest BCUT2D eigenvalue weighted by molar-refractivity contribution is 5.80. The molecule has 8 unspecified atom stereocenters. The van der Waals surface area contributed by atoms with E-state index < -0.39 is 61.5 Å². The number of aliphatic hydroxyl groups is 6. The Morgan fingerprint density at radius 3 is 1.36 bits per heavy atom.